The predicted molar refractivity (Wildman–Crippen MR) is 118 cm³/mol. The summed E-state index contributed by atoms with van der Waals surface area (Å²) in [6.45, 7) is 0.580. The van der Waals surface area contributed by atoms with Crippen molar-refractivity contribution in [1.82, 2.24) is 31.5 Å². The van der Waals surface area contributed by atoms with E-state index in [4.69, 9.17) is 0 Å². The molecule has 34 heavy (non-hydrogen) atoms. The van der Waals surface area contributed by atoms with Crippen LogP contribution in [-0.2, 0) is 28.7 Å². The Morgan fingerprint density at radius 1 is 0.971 bits per heavy atom. The Morgan fingerprint density at radius 3 is 2.26 bits per heavy atom. The summed E-state index contributed by atoms with van der Waals surface area (Å²) in [6.07, 6.45) is 0.124. The zero-order chi connectivity index (χ0) is 25.5. The summed E-state index contributed by atoms with van der Waals surface area (Å²) in [5.74, 6) is -1.50. The number of nitrogens with zero attached hydrogens (tertiary/aromatic N) is 1. The van der Waals surface area contributed by atoms with E-state index in [1.54, 1.807) is 7.05 Å². The number of rotatable bonds is 14. The van der Waals surface area contributed by atoms with E-state index in [1.807, 2.05) is 0 Å². The molecule has 14 heteroatoms. The Labute approximate surface area is 197 Å². The quantitative estimate of drug-likeness (QED) is 0.140. The number of imide groups is 1. The van der Waals surface area contributed by atoms with Gasteiger partial charge in [0.15, 0.2) is 0 Å². The first-order valence-electron chi connectivity index (χ1n) is 11.0. The van der Waals surface area contributed by atoms with Crippen molar-refractivity contribution in [1.29, 1.82) is 0 Å². The largest absolute Gasteiger partial charge is 0.453 e. The van der Waals surface area contributed by atoms with Crippen LogP contribution in [0.15, 0.2) is 0 Å². The van der Waals surface area contributed by atoms with E-state index in [9.17, 15) is 28.8 Å². The number of nitrogens with one attached hydrogen (secondary N) is 5. The molecule has 1 fully saturated rings. The van der Waals surface area contributed by atoms with Gasteiger partial charge in [0.1, 0.15) is 6.04 Å². The van der Waals surface area contributed by atoms with Gasteiger partial charge in [-0.15, -0.1) is 0 Å². The Kier molecular flexibility index (Phi) is 13.0. The first kappa shape index (κ1) is 28.6. The van der Waals surface area contributed by atoms with Crippen molar-refractivity contribution in [2.45, 2.75) is 44.2 Å². The second kappa shape index (κ2) is 15.4. The van der Waals surface area contributed by atoms with Crippen LogP contribution in [0.2, 0.25) is 0 Å². The van der Waals surface area contributed by atoms with Crippen LogP contribution >= 0.6 is 0 Å². The van der Waals surface area contributed by atoms with Gasteiger partial charge in [0.25, 0.3) is 0 Å². The monoisotopic (exact) mass is 486 g/mol. The maximum atomic E-state index is 12.4. The molecule has 1 saturated heterocycles. The van der Waals surface area contributed by atoms with Gasteiger partial charge in [0.05, 0.1) is 26.7 Å². The highest BCUT2D eigenvalue weighted by Crippen LogP contribution is 2.12. The molecule has 0 aromatic rings. The van der Waals surface area contributed by atoms with Crippen LogP contribution < -0.4 is 26.6 Å². The molecule has 0 aromatic heterocycles. The van der Waals surface area contributed by atoms with Crippen LogP contribution in [0.1, 0.15) is 32.1 Å². The third-order valence-electron chi connectivity index (χ3n) is 5.07. The highest BCUT2D eigenvalue weighted by Gasteiger charge is 2.37. The van der Waals surface area contributed by atoms with E-state index >= 15 is 0 Å². The number of amides is 6. The summed E-state index contributed by atoms with van der Waals surface area (Å²) in [6, 6.07) is -1.41. The molecule has 192 valence electrons. The highest BCUT2D eigenvalue weighted by atomic mass is 16.5. The number of alkyl carbamates (subject to hydrolysis) is 2. The fourth-order valence-corrected chi connectivity index (χ4v) is 3.16. The van der Waals surface area contributed by atoms with Gasteiger partial charge in [-0.2, -0.15) is 0 Å². The van der Waals surface area contributed by atoms with Gasteiger partial charge >= 0.3 is 12.2 Å². The lowest BCUT2D eigenvalue weighted by atomic mass is 10.1. The van der Waals surface area contributed by atoms with Crippen molar-refractivity contribution in [3.8, 4) is 0 Å². The SMILES string of the molecule is CNC1CC(=O)N(CCC(=O)NCCNC(=O)C(CCCCNC(=O)OC)NC(=O)OC)C1=O. The number of likely N-dealkylation sites (N-methyl/N-ethyl adjacent to an activating group) is 1. The minimum atomic E-state index is -0.853. The lowest BCUT2D eigenvalue weighted by Crippen LogP contribution is -2.48. The van der Waals surface area contributed by atoms with E-state index in [0.29, 0.717) is 25.8 Å². The normalized spacial score (nSPS) is 16.0. The van der Waals surface area contributed by atoms with Gasteiger partial charge < -0.3 is 36.1 Å². The minimum Gasteiger partial charge on any atom is -0.453 e. The Bertz CT molecular complexity index is 747. The molecule has 0 spiro atoms. The second-order valence-corrected chi connectivity index (χ2v) is 7.42. The number of likely N-dealkylation sites (tertiary alicyclic amines) is 1. The van der Waals surface area contributed by atoms with E-state index in [0.717, 1.165) is 4.90 Å². The van der Waals surface area contributed by atoms with Crippen LogP contribution in [0, 0.1) is 0 Å². The summed E-state index contributed by atoms with van der Waals surface area (Å²) in [5, 5.41) is 12.9. The van der Waals surface area contributed by atoms with Crippen LogP contribution in [0.5, 0.6) is 0 Å². The molecule has 2 unspecified atom stereocenters. The molecule has 5 N–H and O–H groups in total. The smallest absolute Gasteiger partial charge is 0.407 e. The topological polar surface area (TPSA) is 184 Å². The van der Waals surface area contributed by atoms with E-state index in [-0.39, 0.29) is 50.2 Å². The zero-order valence-corrected chi connectivity index (χ0v) is 19.7. The Balaban J connectivity index is 2.33. The van der Waals surface area contributed by atoms with E-state index in [1.165, 1.54) is 14.2 Å². The van der Waals surface area contributed by atoms with Gasteiger partial charge in [-0.25, -0.2) is 9.59 Å². The minimum absolute atomic E-state index is 0.00992. The molecular weight excluding hydrogens is 452 g/mol. The number of hydrogen-bond donors (Lipinski definition) is 5. The van der Waals surface area contributed by atoms with Gasteiger partial charge in [-0.1, -0.05) is 0 Å². The summed E-state index contributed by atoms with van der Waals surface area (Å²) < 4.78 is 9.00. The maximum absolute atomic E-state index is 12.4. The van der Waals surface area contributed by atoms with Crippen LogP contribution in [0.3, 0.4) is 0 Å². The van der Waals surface area contributed by atoms with Gasteiger partial charge in [0.2, 0.25) is 23.6 Å². The van der Waals surface area contributed by atoms with Crippen LogP contribution in [-0.4, -0.2) is 100 Å². The molecule has 1 rings (SSSR count). The zero-order valence-electron chi connectivity index (χ0n) is 19.7. The predicted octanol–water partition coefficient (Wildman–Crippen LogP) is -1.79. The first-order valence-corrected chi connectivity index (χ1v) is 11.0. The van der Waals surface area contributed by atoms with Crippen molar-refractivity contribution >= 4 is 35.8 Å². The molecule has 0 radical (unpaired) electrons. The fourth-order valence-electron chi connectivity index (χ4n) is 3.16. The lowest BCUT2D eigenvalue weighted by Gasteiger charge is -2.18. The molecule has 1 heterocycles. The molecule has 14 nitrogen and oxygen atoms in total. The van der Waals surface area contributed by atoms with Crippen LogP contribution in [0.25, 0.3) is 0 Å². The second-order valence-electron chi connectivity index (χ2n) is 7.42. The molecule has 6 amide bonds. The molecular formula is C20H34N6O8. The third kappa shape index (κ3) is 10.0. The highest BCUT2D eigenvalue weighted by molar-refractivity contribution is 6.05. The summed E-state index contributed by atoms with van der Waals surface area (Å²) in [5.41, 5.74) is 0. The molecule has 2 atom stereocenters. The molecule has 0 bridgehead atoms. The van der Waals surface area contributed by atoms with Crippen LogP contribution in [0.4, 0.5) is 9.59 Å². The molecule has 0 saturated carbocycles. The number of ether oxygens (including phenoxy) is 2. The van der Waals surface area contributed by atoms with Crippen molar-refractivity contribution in [3.63, 3.8) is 0 Å². The molecule has 1 aliphatic heterocycles. The molecule has 1 aliphatic rings. The first-order chi connectivity index (χ1) is 16.2. The van der Waals surface area contributed by atoms with Gasteiger partial charge in [-0.3, -0.25) is 24.1 Å². The number of carbonyl (C=O) groups is 6. The van der Waals surface area contributed by atoms with Crippen molar-refractivity contribution in [2.24, 2.45) is 0 Å². The standard InChI is InChI=1S/C20H34N6O8/c1-21-14-12-16(28)26(18(14)30)11-7-15(27)22-9-10-23-17(29)13(25-20(32)34-3)6-4-5-8-24-19(31)33-2/h13-14,21H,4-12H2,1-3H3,(H,22,27)(H,23,29)(H,24,31)(H,25,32). The summed E-state index contributed by atoms with van der Waals surface area (Å²) >= 11 is 0. The lowest BCUT2D eigenvalue weighted by molar-refractivity contribution is -0.139. The average molecular weight is 487 g/mol. The third-order valence-corrected chi connectivity index (χ3v) is 5.07. The molecule has 0 aromatic carbocycles. The maximum Gasteiger partial charge on any atom is 0.407 e. The van der Waals surface area contributed by atoms with Crippen molar-refractivity contribution in [3.05, 3.63) is 0 Å². The summed E-state index contributed by atoms with van der Waals surface area (Å²) in [7, 11) is 4.03. The van der Waals surface area contributed by atoms with E-state index in [2.05, 4.69) is 36.1 Å². The number of hydrogen-bond acceptors (Lipinski definition) is 9. The summed E-state index contributed by atoms with van der Waals surface area (Å²) in [4.78, 5) is 71.9. The van der Waals surface area contributed by atoms with Gasteiger partial charge in [-0.05, 0) is 26.3 Å². The molecule has 0 aliphatic carbocycles. The van der Waals surface area contributed by atoms with E-state index < -0.39 is 30.2 Å². The Morgan fingerprint density at radius 2 is 1.65 bits per heavy atom. The number of methoxy groups -OCH3 is 2. The van der Waals surface area contributed by atoms with Crippen molar-refractivity contribution in [2.75, 3.05) is 47.4 Å². The Hall–Kier alpha value is -3.42. The average Bonchev–Trinajstić information content (AvgIpc) is 3.10. The van der Waals surface area contributed by atoms with Crippen molar-refractivity contribution < 1.29 is 38.2 Å². The number of carbonyl (C=O) groups excluding carboxylic acids is 6. The van der Waals surface area contributed by atoms with Gasteiger partial charge in [0, 0.05) is 32.6 Å². The fraction of sp³-hybridized carbons (Fsp3) is 0.700. The number of unbranched alkanes of at least 4 members (excludes halogenated alkanes) is 1.